The van der Waals surface area contributed by atoms with Crippen LogP contribution in [0.1, 0.15) is 50.6 Å². The molecule has 1 aromatic heterocycles. The van der Waals surface area contributed by atoms with Crippen molar-refractivity contribution in [2.24, 2.45) is 0 Å². The van der Waals surface area contributed by atoms with Crippen LogP contribution in [0, 0.1) is 0 Å². The van der Waals surface area contributed by atoms with Crippen LogP contribution in [0.5, 0.6) is 0 Å². The minimum Gasteiger partial charge on any atom is -0.374 e. The van der Waals surface area contributed by atoms with Crippen molar-refractivity contribution in [3.8, 4) is 0 Å². The van der Waals surface area contributed by atoms with Gasteiger partial charge in [0.15, 0.2) is 12.1 Å². The highest BCUT2D eigenvalue weighted by atomic mass is 32.1. The van der Waals surface area contributed by atoms with E-state index in [2.05, 4.69) is 6.07 Å². The van der Waals surface area contributed by atoms with E-state index in [1.165, 1.54) is 0 Å². The van der Waals surface area contributed by atoms with Gasteiger partial charge in [0, 0.05) is 17.2 Å². The Morgan fingerprint density at radius 3 is 1.26 bits per heavy atom. The molecule has 9 atom stereocenters. The summed E-state index contributed by atoms with van der Waals surface area (Å²) in [5.74, 6) is -0.395. The van der Waals surface area contributed by atoms with Crippen LogP contribution >= 0.6 is 11.3 Å². The molecule has 10 heteroatoms. The number of thiophene rings is 1. The van der Waals surface area contributed by atoms with Crippen molar-refractivity contribution in [3.05, 3.63) is 238 Å². The van der Waals surface area contributed by atoms with Gasteiger partial charge in [-0.05, 0) is 44.8 Å². The third-order valence-electron chi connectivity index (χ3n) is 12.4. The molecule has 7 aromatic rings. The molecule has 6 aromatic carbocycles. The standard InChI is InChI=1S/C58H58O9S/c59-49-34-48(51-32-19-33-68-51)52(61-36-43-22-9-2-10-23-43)55(63-38-45-26-13-4-14-27-45)53(49)67-58-57(65-40-47-30-17-6-18-31-47)56(64-39-46-28-15-5-16-29-46)54(62-37-44-24-11-3-12-25-44)50(66-58)41-60-35-42-20-7-1-8-21-42/h1-33,48,50,52-58H,34-41H2/t48?,50-,52?,53?,54+,55?,56+,57-,58+/m1/s1. The number of rotatable bonds is 22. The summed E-state index contributed by atoms with van der Waals surface area (Å²) in [6.45, 7) is 1.80. The van der Waals surface area contributed by atoms with Gasteiger partial charge in [0.2, 0.25) is 0 Å². The zero-order valence-electron chi connectivity index (χ0n) is 38.0. The summed E-state index contributed by atoms with van der Waals surface area (Å²) < 4.78 is 55.5. The number of Topliss-reactive ketones (excluding diaryl/α,β-unsaturated/α-hetero) is 1. The van der Waals surface area contributed by atoms with Gasteiger partial charge in [0.1, 0.15) is 36.6 Å². The number of ketones is 1. The largest absolute Gasteiger partial charge is 0.374 e. The molecular weight excluding hydrogens is 873 g/mol. The minimum atomic E-state index is -1.13. The molecule has 0 spiro atoms. The number of carbonyl (C=O) groups excluding carboxylic acids is 1. The molecular formula is C58H58O9S. The number of carbonyl (C=O) groups is 1. The summed E-state index contributed by atoms with van der Waals surface area (Å²) in [5.41, 5.74) is 5.91. The summed E-state index contributed by atoms with van der Waals surface area (Å²) in [4.78, 5) is 16.0. The normalized spacial score (nSPS) is 23.9. The Morgan fingerprint density at radius 1 is 0.426 bits per heavy atom. The maximum atomic E-state index is 15.0. The quantitative estimate of drug-likeness (QED) is 0.0659. The SMILES string of the molecule is O=C1CC(c2cccs2)C(OCc2ccccc2)C(OCc2ccccc2)C1O[C@@H]1O[C@H](COCc2ccccc2)[C@H](OCc2ccccc2)[C@H](OCc2ccccc2)[C@H]1OCc1ccccc1. The highest BCUT2D eigenvalue weighted by molar-refractivity contribution is 7.10. The molecule has 4 unspecified atom stereocenters. The van der Waals surface area contributed by atoms with Gasteiger partial charge in [-0.15, -0.1) is 11.3 Å². The summed E-state index contributed by atoms with van der Waals surface area (Å²) in [6, 6.07) is 64.1. The van der Waals surface area contributed by atoms with Gasteiger partial charge in [-0.2, -0.15) is 0 Å². The zero-order valence-corrected chi connectivity index (χ0v) is 38.8. The van der Waals surface area contributed by atoms with E-state index < -0.39 is 49.0 Å². The highest BCUT2D eigenvalue weighted by Gasteiger charge is 2.54. The second-order valence-corrected chi connectivity index (χ2v) is 18.2. The fraction of sp³-hybridized carbons (Fsp3) is 0.293. The van der Waals surface area contributed by atoms with Gasteiger partial charge < -0.3 is 37.9 Å². The topological polar surface area (TPSA) is 90.9 Å². The van der Waals surface area contributed by atoms with E-state index in [4.69, 9.17) is 37.9 Å². The molecule has 9 nitrogen and oxygen atoms in total. The van der Waals surface area contributed by atoms with Crippen LogP contribution in [-0.2, 0) is 82.3 Å². The molecule has 2 heterocycles. The predicted molar refractivity (Wildman–Crippen MR) is 261 cm³/mol. The molecule has 0 bridgehead atoms. The fourth-order valence-corrected chi connectivity index (χ4v) is 9.74. The molecule has 68 heavy (non-hydrogen) atoms. The van der Waals surface area contributed by atoms with Crippen LogP contribution in [-0.4, -0.2) is 61.4 Å². The van der Waals surface area contributed by atoms with Crippen molar-refractivity contribution in [2.45, 2.75) is 101 Å². The van der Waals surface area contributed by atoms with Crippen molar-refractivity contribution in [1.29, 1.82) is 0 Å². The first-order valence-electron chi connectivity index (χ1n) is 23.4. The summed E-state index contributed by atoms with van der Waals surface area (Å²) >= 11 is 1.61. The van der Waals surface area contributed by atoms with Crippen LogP contribution in [0.25, 0.3) is 0 Å². The van der Waals surface area contributed by atoms with E-state index in [1.54, 1.807) is 11.3 Å². The van der Waals surface area contributed by atoms with E-state index in [1.807, 2.05) is 193 Å². The Hall–Kier alpha value is -5.63. The molecule has 1 saturated carbocycles. The molecule has 0 N–H and O–H groups in total. The minimum absolute atomic E-state index is 0.118. The first-order chi connectivity index (χ1) is 33.6. The molecule has 2 fully saturated rings. The van der Waals surface area contributed by atoms with Crippen LogP contribution in [0.15, 0.2) is 200 Å². The average Bonchev–Trinajstić information content (AvgIpc) is 3.94. The maximum Gasteiger partial charge on any atom is 0.187 e. The Kier molecular flexibility index (Phi) is 17.2. The maximum absolute atomic E-state index is 15.0. The van der Waals surface area contributed by atoms with E-state index >= 15 is 0 Å². The van der Waals surface area contributed by atoms with Crippen LogP contribution < -0.4 is 0 Å². The van der Waals surface area contributed by atoms with E-state index in [0.29, 0.717) is 13.2 Å². The first kappa shape index (κ1) is 47.4. The Morgan fingerprint density at radius 2 is 0.824 bits per heavy atom. The highest BCUT2D eigenvalue weighted by Crippen LogP contribution is 2.41. The molecule has 1 aliphatic heterocycles. The molecule has 9 rings (SSSR count). The van der Waals surface area contributed by atoms with Crippen molar-refractivity contribution in [2.75, 3.05) is 6.61 Å². The first-order valence-corrected chi connectivity index (χ1v) is 24.3. The summed E-state index contributed by atoms with van der Waals surface area (Å²) in [5, 5.41) is 2.03. The van der Waals surface area contributed by atoms with Crippen LogP contribution in [0.3, 0.4) is 0 Å². The monoisotopic (exact) mass is 930 g/mol. The number of hydrogen-bond donors (Lipinski definition) is 0. The Balaban J connectivity index is 1.09. The summed E-state index contributed by atoms with van der Waals surface area (Å²) in [7, 11) is 0. The van der Waals surface area contributed by atoms with Crippen molar-refractivity contribution in [3.63, 3.8) is 0 Å². The third-order valence-corrected chi connectivity index (χ3v) is 13.4. The van der Waals surface area contributed by atoms with Gasteiger partial charge in [-0.25, -0.2) is 0 Å². The fourth-order valence-electron chi connectivity index (χ4n) is 8.88. The molecule has 1 saturated heterocycles. The van der Waals surface area contributed by atoms with E-state index in [0.717, 1.165) is 38.3 Å². The van der Waals surface area contributed by atoms with Crippen molar-refractivity contribution in [1.82, 2.24) is 0 Å². The van der Waals surface area contributed by atoms with Crippen LogP contribution in [0.4, 0.5) is 0 Å². The van der Waals surface area contributed by atoms with Gasteiger partial charge in [-0.1, -0.05) is 188 Å². The van der Waals surface area contributed by atoms with Crippen molar-refractivity contribution < 1.29 is 42.7 Å². The lowest BCUT2D eigenvalue weighted by Gasteiger charge is -2.48. The van der Waals surface area contributed by atoms with E-state index in [9.17, 15) is 4.79 Å². The van der Waals surface area contributed by atoms with Gasteiger partial charge in [0.05, 0.1) is 52.4 Å². The smallest absolute Gasteiger partial charge is 0.187 e. The molecule has 0 amide bonds. The van der Waals surface area contributed by atoms with Gasteiger partial charge >= 0.3 is 0 Å². The average molecular weight is 931 g/mol. The number of benzene rings is 6. The number of hydrogen-bond acceptors (Lipinski definition) is 10. The second kappa shape index (κ2) is 24.6. The molecule has 2 aliphatic rings. The lowest BCUT2D eigenvalue weighted by molar-refractivity contribution is -0.341. The Labute approximate surface area is 403 Å². The predicted octanol–water partition coefficient (Wildman–Crippen LogP) is 11.1. The molecule has 1 aliphatic carbocycles. The Bertz CT molecular complexity index is 2500. The van der Waals surface area contributed by atoms with Gasteiger partial charge in [0.25, 0.3) is 0 Å². The lowest BCUT2D eigenvalue weighted by atomic mass is 9.80. The van der Waals surface area contributed by atoms with Crippen LogP contribution in [0.2, 0.25) is 0 Å². The molecule has 0 radical (unpaired) electrons. The van der Waals surface area contributed by atoms with E-state index in [-0.39, 0.29) is 51.2 Å². The third kappa shape index (κ3) is 12.9. The van der Waals surface area contributed by atoms with Crippen molar-refractivity contribution >= 4 is 17.1 Å². The summed E-state index contributed by atoms with van der Waals surface area (Å²) in [6.07, 6.45) is -6.50. The molecule has 350 valence electrons. The van der Waals surface area contributed by atoms with Gasteiger partial charge in [-0.3, -0.25) is 4.79 Å². The second-order valence-electron chi connectivity index (χ2n) is 17.2. The number of ether oxygens (including phenoxy) is 8. The zero-order chi connectivity index (χ0) is 46.2. The lowest BCUT2D eigenvalue weighted by Crippen LogP contribution is -2.64.